The fraction of sp³-hybridized carbons (Fsp3) is 0.118. The van der Waals surface area contributed by atoms with Crippen LogP contribution in [-0.4, -0.2) is 10.4 Å². The number of fused-ring (bicyclic) bond motifs is 1. The van der Waals surface area contributed by atoms with Gasteiger partial charge in [-0.1, -0.05) is 41.9 Å². The van der Waals surface area contributed by atoms with Crippen molar-refractivity contribution >= 4 is 28.3 Å². The summed E-state index contributed by atoms with van der Waals surface area (Å²) in [6.45, 7) is 2.35. The van der Waals surface area contributed by atoms with Gasteiger partial charge in [0.25, 0.3) is 0 Å². The number of ketones is 1. The molecule has 0 radical (unpaired) electrons. The number of carbonyl (C=O) groups is 1. The molecule has 0 spiro atoms. The first-order valence-corrected chi connectivity index (χ1v) is 6.86. The highest BCUT2D eigenvalue weighted by atomic mass is 35.5. The molecule has 0 saturated carbocycles. The number of hydrogen-bond donors (Lipinski definition) is 0. The molecular formula is C17H14ClNO. The standard InChI is InChI=1S/C17H14ClNO/c1-12-9-13-5-2-3-8-16(13)19(12)11-17(20)14-6-4-7-15(18)10-14/h2-10H,11H2,1H3. The molecule has 20 heavy (non-hydrogen) atoms. The van der Waals surface area contributed by atoms with Crippen molar-refractivity contribution in [2.75, 3.05) is 0 Å². The van der Waals surface area contributed by atoms with Gasteiger partial charge in [-0.15, -0.1) is 0 Å². The number of benzene rings is 2. The fourth-order valence-electron chi connectivity index (χ4n) is 2.46. The Hall–Kier alpha value is -2.06. The number of halogens is 1. The van der Waals surface area contributed by atoms with E-state index in [0.29, 0.717) is 17.1 Å². The van der Waals surface area contributed by atoms with E-state index in [9.17, 15) is 4.79 Å². The molecule has 0 saturated heterocycles. The summed E-state index contributed by atoms with van der Waals surface area (Å²) in [7, 11) is 0. The van der Waals surface area contributed by atoms with Crippen LogP contribution in [0.3, 0.4) is 0 Å². The normalized spacial score (nSPS) is 10.9. The van der Waals surface area contributed by atoms with Crippen LogP contribution in [0.2, 0.25) is 5.02 Å². The highest BCUT2D eigenvalue weighted by molar-refractivity contribution is 6.31. The third-order valence-corrected chi connectivity index (χ3v) is 3.70. The molecule has 2 nitrogen and oxygen atoms in total. The van der Waals surface area contributed by atoms with Gasteiger partial charge < -0.3 is 4.57 Å². The van der Waals surface area contributed by atoms with Crippen LogP contribution in [-0.2, 0) is 6.54 Å². The van der Waals surface area contributed by atoms with Gasteiger partial charge in [-0.2, -0.15) is 0 Å². The molecule has 1 aromatic heterocycles. The first-order chi connectivity index (χ1) is 9.65. The maximum Gasteiger partial charge on any atom is 0.182 e. The summed E-state index contributed by atoms with van der Waals surface area (Å²) in [6.07, 6.45) is 0. The molecule has 1 heterocycles. The highest BCUT2D eigenvalue weighted by Gasteiger charge is 2.11. The van der Waals surface area contributed by atoms with Crippen LogP contribution >= 0.6 is 11.6 Å². The molecule has 100 valence electrons. The Kier molecular flexibility index (Phi) is 3.33. The van der Waals surface area contributed by atoms with Gasteiger partial charge >= 0.3 is 0 Å². The summed E-state index contributed by atoms with van der Waals surface area (Å²) in [4.78, 5) is 12.4. The second-order valence-corrected chi connectivity index (χ2v) is 5.30. The largest absolute Gasteiger partial charge is 0.337 e. The lowest BCUT2D eigenvalue weighted by molar-refractivity contribution is 0.0973. The van der Waals surface area contributed by atoms with Crippen LogP contribution in [0.15, 0.2) is 54.6 Å². The minimum Gasteiger partial charge on any atom is -0.337 e. The Labute approximate surface area is 122 Å². The first kappa shape index (κ1) is 12.9. The SMILES string of the molecule is Cc1cc2ccccc2n1CC(=O)c1cccc(Cl)c1. The third-order valence-electron chi connectivity index (χ3n) is 3.47. The second kappa shape index (κ2) is 5.14. The molecule has 0 aliphatic carbocycles. The van der Waals surface area contributed by atoms with Crippen LogP contribution < -0.4 is 0 Å². The minimum absolute atomic E-state index is 0.0666. The number of aryl methyl sites for hydroxylation is 1. The van der Waals surface area contributed by atoms with Crippen molar-refractivity contribution < 1.29 is 4.79 Å². The molecule has 0 fully saturated rings. The van der Waals surface area contributed by atoms with Crippen molar-refractivity contribution in [1.29, 1.82) is 0 Å². The van der Waals surface area contributed by atoms with Crippen molar-refractivity contribution in [3.63, 3.8) is 0 Å². The summed E-state index contributed by atoms with van der Waals surface area (Å²) >= 11 is 5.94. The van der Waals surface area contributed by atoms with Gasteiger partial charge in [0.2, 0.25) is 0 Å². The zero-order valence-electron chi connectivity index (χ0n) is 11.1. The van der Waals surface area contributed by atoms with Gasteiger partial charge in [0, 0.05) is 21.8 Å². The number of rotatable bonds is 3. The van der Waals surface area contributed by atoms with Crippen molar-refractivity contribution in [3.8, 4) is 0 Å². The van der Waals surface area contributed by atoms with E-state index in [2.05, 4.69) is 12.1 Å². The van der Waals surface area contributed by atoms with Crippen molar-refractivity contribution in [3.05, 3.63) is 70.9 Å². The molecule has 0 atom stereocenters. The summed E-state index contributed by atoms with van der Waals surface area (Å²) in [5.41, 5.74) is 2.82. The van der Waals surface area contributed by atoms with Gasteiger partial charge in [-0.25, -0.2) is 0 Å². The summed E-state index contributed by atoms with van der Waals surface area (Å²) in [5, 5.41) is 1.74. The smallest absolute Gasteiger partial charge is 0.182 e. The number of nitrogens with zero attached hydrogens (tertiary/aromatic N) is 1. The van der Waals surface area contributed by atoms with Crippen LogP contribution in [0, 0.1) is 6.92 Å². The molecule has 0 aliphatic heterocycles. The zero-order valence-corrected chi connectivity index (χ0v) is 11.9. The zero-order chi connectivity index (χ0) is 14.1. The van der Waals surface area contributed by atoms with Gasteiger partial charge in [-0.05, 0) is 36.6 Å². The Morgan fingerprint density at radius 1 is 1.10 bits per heavy atom. The number of Topliss-reactive ketones (excluding diaryl/α,β-unsaturated/α-hetero) is 1. The quantitative estimate of drug-likeness (QED) is 0.649. The maximum absolute atomic E-state index is 12.4. The topological polar surface area (TPSA) is 22.0 Å². The molecule has 0 aliphatic rings. The van der Waals surface area contributed by atoms with Gasteiger partial charge in [-0.3, -0.25) is 4.79 Å². The van der Waals surface area contributed by atoms with Crippen LogP contribution in [0.1, 0.15) is 16.1 Å². The van der Waals surface area contributed by atoms with E-state index in [-0.39, 0.29) is 5.78 Å². The number of para-hydroxylation sites is 1. The van der Waals surface area contributed by atoms with Crippen molar-refractivity contribution in [1.82, 2.24) is 4.57 Å². The van der Waals surface area contributed by atoms with Crippen molar-refractivity contribution in [2.24, 2.45) is 0 Å². The molecule has 3 heteroatoms. The van der Waals surface area contributed by atoms with Gasteiger partial charge in [0.1, 0.15) is 0 Å². The lowest BCUT2D eigenvalue weighted by Gasteiger charge is -2.08. The lowest BCUT2D eigenvalue weighted by Crippen LogP contribution is -2.11. The molecule has 2 aromatic carbocycles. The third kappa shape index (κ3) is 2.35. The number of hydrogen-bond acceptors (Lipinski definition) is 1. The predicted octanol–water partition coefficient (Wildman–Crippen LogP) is 4.49. The van der Waals surface area contributed by atoms with Crippen LogP contribution in [0.5, 0.6) is 0 Å². The molecule has 0 N–H and O–H groups in total. The maximum atomic E-state index is 12.4. The molecular weight excluding hydrogens is 270 g/mol. The second-order valence-electron chi connectivity index (χ2n) is 4.86. The fourth-order valence-corrected chi connectivity index (χ4v) is 2.65. The molecule has 0 bridgehead atoms. The predicted molar refractivity (Wildman–Crippen MR) is 82.5 cm³/mol. The molecule has 3 rings (SSSR count). The summed E-state index contributed by atoms with van der Waals surface area (Å²) < 4.78 is 2.04. The van der Waals surface area contributed by atoms with Crippen LogP contribution in [0.25, 0.3) is 10.9 Å². The van der Waals surface area contributed by atoms with E-state index in [4.69, 9.17) is 11.6 Å². The van der Waals surface area contributed by atoms with E-state index in [1.807, 2.05) is 29.7 Å². The van der Waals surface area contributed by atoms with Crippen LogP contribution in [0.4, 0.5) is 0 Å². The van der Waals surface area contributed by atoms with E-state index >= 15 is 0 Å². The van der Waals surface area contributed by atoms with Gasteiger partial charge in [0.05, 0.1) is 6.54 Å². The number of carbonyl (C=O) groups excluding carboxylic acids is 1. The first-order valence-electron chi connectivity index (χ1n) is 6.49. The molecule has 0 amide bonds. The van der Waals surface area contributed by atoms with Crippen molar-refractivity contribution in [2.45, 2.75) is 13.5 Å². The van der Waals surface area contributed by atoms with Gasteiger partial charge in [0.15, 0.2) is 5.78 Å². The average molecular weight is 284 g/mol. The summed E-state index contributed by atoms with van der Waals surface area (Å²) in [5.74, 6) is 0.0666. The summed E-state index contributed by atoms with van der Waals surface area (Å²) in [6, 6.07) is 17.3. The average Bonchev–Trinajstić information content (AvgIpc) is 2.75. The molecule has 3 aromatic rings. The van der Waals surface area contributed by atoms with E-state index in [1.165, 1.54) is 0 Å². The Morgan fingerprint density at radius 2 is 1.90 bits per heavy atom. The Balaban J connectivity index is 1.97. The lowest BCUT2D eigenvalue weighted by atomic mass is 10.1. The van der Waals surface area contributed by atoms with E-state index in [1.54, 1.807) is 24.3 Å². The number of aromatic nitrogens is 1. The van der Waals surface area contributed by atoms with E-state index in [0.717, 1.165) is 16.6 Å². The Morgan fingerprint density at radius 3 is 2.70 bits per heavy atom. The highest BCUT2D eigenvalue weighted by Crippen LogP contribution is 2.20. The van der Waals surface area contributed by atoms with E-state index < -0.39 is 0 Å². The molecule has 0 unspecified atom stereocenters. The minimum atomic E-state index is 0.0666. The monoisotopic (exact) mass is 283 g/mol. The Bertz CT molecular complexity index is 789.